The lowest BCUT2D eigenvalue weighted by Gasteiger charge is -2.12. The molecule has 1 heterocycles. The molecule has 0 spiro atoms. The summed E-state index contributed by atoms with van der Waals surface area (Å²) in [6.45, 7) is 3.35. The first-order valence-corrected chi connectivity index (χ1v) is 8.06. The Labute approximate surface area is 149 Å². The molecule has 0 unspecified atom stereocenters. The average Bonchev–Trinajstić information content (AvgIpc) is 2.63. The topological polar surface area (TPSA) is 119 Å². The Balaban J connectivity index is 3.19. The van der Waals surface area contributed by atoms with Crippen molar-refractivity contribution >= 4 is 11.9 Å². The molecule has 26 heavy (non-hydrogen) atoms. The van der Waals surface area contributed by atoms with Crippen LogP contribution < -0.4 is 17.1 Å². The highest BCUT2D eigenvalue weighted by Crippen LogP contribution is 1.95. The Morgan fingerprint density at radius 2 is 1.23 bits per heavy atom. The van der Waals surface area contributed by atoms with Crippen LogP contribution >= 0.6 is 0 Å². The number of allylic oxidation sites excluding steroid dienone is 1. The van der Waals surface area contributed by atoms with Gasteiger partial charge in [-0.25, -0.2) is 28.1 Å². The highest BCUT2D eigenvalue weighted by molar-refractivity contribution is 5.69. The van der Waals surface area contributed by atoms with Gasteiger partial charge in [0, 0.05) is 25.9 Å². The van der Waals surface area contributed by atoms with Gasteiger partial charge in [0.2, 0.25) is 0 Å². The zero-order valence-corrected chi connectivity index (χ0v) is 14.9. The summed E-state index contributed by atoms with van der Waals surface area (Å²) >= 11 is 0. The molecule has 0 aliphatic rings. The van der Waals surface area contributed by atoms with Crippen LogP contribution in [-0.2, 0) is 38.7 Å². The van der Waals surface area contributed by atoms with Crippen molar-refractivity contribution in [3.8, 4) is 0 Å². The van der Waals surface area contributed by atoms with Gasteiger partial charge in [-0.1, -0.05) is 6.08 Å². The maximum Gasteiger partial charge on any atom is 0.336 e. The van der Waals surface area contributed by atoms with E-state index in [1.807, 2.05) is 0 Å². The van der Waals surface area contributed by atoms with Crippen molar-refractivity contribution < 1.29 is 19.1 Å². The van der Waals surface area contributed by atoms with Crippen LogP contribution in [0.1, 0.15) is 25.7 Å². The van der Waals surface area contributed by atoms with Crippen LogP contribution in [0, 0.1) is 0 Å². The largest absolute Gasteiger partial charge is 0.469 e. The number of esters is 2. The summed E-state index contributed by atoms with van der Waals surface area (Å²) < 4.78 is 11.7. The second-order valence-electron chi connectivity index (χ2n) is 5.41. The molecular weight excluding hydrogens is 346 g/mol. The molecule has 1 aromatic heterocycles. The molecule has 0 amide bonds. The van der Waals surface area contributed by atoms with Crippen molar-refractivity contribution in [1.29, 1.82) is 0 Å². The molecule has 0 atom stereocenters. The molecule has 0 saturated heterocycles. The van der Waals surface area contributed by atoms with Gasteiger partial charge in [-0.15, -0.1) is 6.58 Å². The Hall–Kier alpha value is -2.91. The first-order valence-electron chi connectivity index (χ1n) is 8.06. The monoisotopic (exact) mass is 369 g/mol. The lowest BCUT2D eigenvalue weighted by atomic mass is 10.3. The number of hydrogen-bond acceptors (Lipinski definition) is 7. The third-order valence-electron chi connectivity index (χ3n) is 3.68. The maximum atomic E-state index is 12.5. The van der Waals surface area contributed by atoms with Gasteiger partial charge in [0.05, 0.1) is 20.8 Å². The predicted octanol–water partition coefficient (Wildman–Crippen LogP) is -0.736. The van der Waals surface area contributed by atoms with E-state index in [-0.39, 0.29) is 45.3 Å². The standard InChI is InChI=1S/C16H23N3O7/c1-4-9-17-14(22)18(10-5-7-12(20)25-2)16(24)19(15(17)23)11-6-8-13(21)26-3/h4H,1,5-11H2,2-3H3. The van der Waals surface area contributed by atoms with Crippen LogP contribution in [0.25, 0.3) is 0 Å². The smallest absolute Gasteiger partial charge is 0.336 e. The highest BCUT2D eigenvalue weighted by atomic mass is 16.5. The van der Waals surface area contributed by atoms with E-state index in [2.05, 4.69) is 16.1 Å². The summed E-state index contributed by atoms with van der Waals surface area (Å²) in [5.41, 5.74) is -2.32. The van der Waals surface area contributed by atoms with Crippen molar-refractivity contribution in [3.05, 3.63) is 44.1 Å². The Kier molecular flexibility index (Phi) is 8.26. The van der Waals surface area contributed by atoms with Crippen LogP contribution in [0.3, 0.4) is 0 Å². The van der Waals surface area contributed by atoms with Crippen LogP contribution in [0.5, 0.6) is 0 Å². The number of methoxy groups -OCH3 is 2. The molecule has 1 rings (SSSR count). The molecule has 10 nitrogen and oxygen atoms in total. The number of nitrogens with zero attached hydrogens (tertiary/aromatic N) is 3. The molecule has 0 radical (unpaired) electrons. The normalized spacial score (nSPS) is 10.4. The fourth-order valence-electron chi connectivity index (χ4n) is 2.32. The minimum absolute atomic E-state index is 0.0330. The van der Waals surface area contributed by atoms with E-state index >= 15 is 0 Å². The van der Waals surface area contributed by atoms with Gasteiger partial charge in [-0.3, -0.25) is 9.59 Å². The number of rotatable bonds is 10. The molecule has 1 aromatic rings. The van der Waals surface area contributed by atoms with E-state index in [1.54, 1.807) is 0 Å². The molecule has 0 aromatic carbocycles. The summed E-state index contributed by atoms with van der Waals surface area (Å²) in [7, 11) is 2.49. The molecular formula is C16H23N3O7. The van der Waals surface area contributed by atoms with Crippen LogP contribution in [0.2, 0.25) is 0 Å². The van der Waals surface area contributed by atoms with E-state index in [1.165, 1.54) is 20.3 Å². The van der Waals surface area contributed by atoms with Crippen LogP contribution in [-0.4, -0.2) is 39.9 Å². The van der Waals surface area contributed by atoms with E-state index < -0.39 is 29.0 Å². The molecule has 0 N–H and O–H groups in total. The van der Waals surface area contributed by atoms with E-state index in [9.17, 15) is 24.0 Å². The quantitative estimate of drug-likeness (QED) is 0.394. The lowest BCUT2D eigenvalue weighted by molar-refractivity contribution is -0.141. The van der Waals surface area contributed by atoms with Gasteiger partial charge in [0.15, 0.2) is 0 Å². The summed E-state index contributed by atoms with van der Waals surface area (Å²) in [6.07, 6.45) is 1.84. The van der Waals surface area contributed by atoms with Crippen molar-refractivity contribution in [1.82, 2.24) is 13.7 Å². The molecule has 0 fully saturated rings. The van der Waals surface area contributed by atoms with E-state index in [0.717, 1.165) is 13.7 Å². The van der Waals surface area contributed by atoms with Gasteiger partial charge >= 0.3 is 29.0 Å². The first kappa shape index (κ1) is 21.1. The van der Waals surface area contributed by atoms with Crippen LogP contribution in [0.15, 0.2) is 27.0 Å². The molecule has 10 heteroatoms. The van der Waals surface area contributed by atoms with E-state index in [0.29, 0.717) is 0 Å². The molecule has 144 valence electrons. The summed E-state index contributed by atoms with van der Waals surface area (Å²) in [5.74, 6) is -0.924. The second-order valence-corrected chi connectivity index (χ2v) is 5.41. The third kappa shape index (κ3) is 5.30. The lowest BCUT2D eigenvalue weighted by Crippen LogP contribution is -2.54. The molecule has 0 aliphatic carbocycles. The Bertz CT molecular complexity index is 771. The number of hydrogen-bond donors (Lipinski definition) is 0. The molecule has 0 aliphatic heterocycles. The zero-order valence-electron chi connectivity index (χ0n) is 14.9. The predicted molar refractivity (Wildman–Crippen MR) is 91.9 cm³/mol. The fourth-order valence-corrected chi connectivity index (χ4v) is 2.32. The maximum absolute atomic E-state index is 12.5. The van der Waals surface area contributed by atoms with Crippen molar-refractivity contribution in [2.45, 2.75) is 45.3 Å². The fraction of sp³-hybridized carbons (Fsp3) is 0.562. The minimum Gasteiger partial charge on any atom is -0.469 e. The Morgan fingerprint density at radius 3 is 1.58 bits per heavy atom. The summed E-state index contributed by atoms with van der Waals surface area (Å²) in [6, 6.07) is 0. The molecule has 0 saturated carbocycles. The second kappa shape index (κ2) is 10.2. The summed E-state index contributed by atoms with van der Waals surface area (Å²) in [5, 5.41) is 0. The minimum atomic E-state index is -0.782. The van der Waals surface area contributed by atoms with Gasteiger partial charge in [-0.2, -0.15) is 0 Å². The van der Waals surface area contributed by atoms with Gasteiger partial charge in [0.1, 0.15) is 0 Å². The molecule has 0 bridgehead atoms. The number of ether oxygens (including phenoxy) is 2. The summed E-state index contributed by atoms with van der Waals surface area (Å²) in [4.78, 5) is 59.7. The van der Waals surface area contributed by atoms with E-state index in [4.69, 9.17) is 0 Å². The average molecular weight is 369 g/mol. The van der Waals surface area contributed by atoms with Gasteiger partial charge in [0.25, 0.3) is 0 Å². The van der Waals surface area contributed by atoms with Crippen LogP contribution in [0.4, 0.5) is 0 Å². The van der Waals surface area contributed by atoms with Crippen molar-refractivity contribution in [2.75, 3.05) is 14.2 Å². The highest BCUT2D eigenvalue weighted by Gasteiger charge is 2.15. The zero-order chi connectivity index (χ0) is 19.7. The van der Waals surface area contributed by atoms with Crippen molar-refractivity contribution in [3.63, 3.8) is 0 Å². The first-order chi connectivity index (χ1) is 12.4. The number of carbonyl (C=O) groups is 2. The van der Waals surface area contributed by atoms with Gasteiger partial charge < -0.3 is 9.47 Å². The van der Waals surface area contributed by atoms with Crippen molar-refractivity contribution in [2.24, 2.45) is 0 Å². The Morgan fingerprint density at radius 1 is 0.846 bits per heavy atom. The number of aromatic nitrogens is 3. The SMILES string of the molecule is C=CCn1c(=O)n(CCCC(=O)OC)c(=O)n(CCCC(=O)OC)c1=O. The van der Waals surface area contributed by atoms with Gasteiger partial charge in [-0.05, 0) is 12.8 Å². The number of carbonyl (C=O) groups excluding carboxylic acids is 2. The third-order valence-corrected chi connectivity index (χ3v) is 3.68.